The first-order valence-electron chi connectivity index (χ1n) is 12.1. The monoisotopic (exact) mass is 445 g/mol. The van der Waals surface area contributed by atoms with Crippen LogP contribution in [-0.2, 0) is 10.8 Å². The zero-order chi connectivity index (χ0) is 23.8. The minimum Gasteiger partial charge on any atom is -0.455 e. The van der Waals surface area contributed by atoms with Gasteiger partial charge in [0.05, 0.1) is 22.1 Å². The second-order valence-corrected chi connectivity index (χ2v) is 11.5. The van der Waals surface area contributed by atoms with E-state index in [-0.39, 0.29) is 10.8 Å². The lowest BCUT2D eigenvalue weighted by Crippen LogP contribution is -2.11. The number of nitrogens with zero attached hydrogens (tertiary/aromatic N) is 1. The number of fused-ring (bicyclic) bond motifs is 6. The van der Waals surface area contributed by atoms with Crippen LogP contribution < -0.4 is 0 Å². The van der Waals surface area contributed by atoms with Crippen molar-refractivity contribution in [1.82, 2.24) is 4.57 Å². The zero-order valence-electron chi connectivity index (χ0n) is 20.9. The molecular weight excluding hydrogens is 414 g/mol. The van der Waals surface area contributed by atoms with Crippen LogP contribution in [-0.4, -0.2) is 4.57 Å². The summed E-state index contributed by atoms with van der Waals surface area (Å²) in [5.41, 5.74) is 8.05. The summed E-state index contributed by atoms with van der Waals surface area (Å²) < 4.78 is 9.23. The summed E-state index contributed by atoms with van der Waals surface area (Å²) in [6.07, 6.45) is 0. The molecule has 0 saturated heterocycles. The predicted molar refractivity (Wildman–Crippen MR) is 145 cm³/mol. The van der Waals surface area contributed by atoms with Crippen molar-refractivity contribution in [1.29, 1.82) is 0 Å². The second kappa shape index (κ2) is 6.99. The van der Waals surface area contributed by atoms with E-state index in [4.69, 9.17) is 4.42 Å². The first-order chi connectivity index (χ1) is 16.2. The second-order valence-electron chi connectivity index (χ2n) is 11.5. The minimum absolute atomic E-state index is 0.0116. The molecule has 0 aliphatic rings. The molecule has 2 heteroatoms. The summed E-state index contributed by atoms with van der Waals surface area (Å²) >= 11 is 0. The van der Waals surface area contributed by atoms with Gasteiger partial charge in [0.15, 0.2) is 0 Å². The standard InChI is InChI=1S/C32H31NO/c1-31(2,3)23-15-11-14-22-28-27(19-18-24(32(4,5)6)30(28)34-29(22)23)33-25-16-9-7-12-20(25)21-13-8-10-17-26(21)33/h7-19H,1-6H3. The summed E-state index contributed by atoms with van der Waals surface area (Å²) in [5, 5.41) is 4.93. The van der Waals surface area contributed by atoms with Gasteiger partial charge in [0.1, 0.15) is 11.2 Å². The van der Waals surface area contributed by atoms with E-state index in [1.165, 1.54) is 49.4 Å². The maximum atomic E-state index is 6.82. The van der Waals surface area contributed by atoms with Crippen molar-refractivity contribution >= 4 is 43.7 Å². The Hall–Kier alpha value is -3.52. The summed E-state index contributed by atoms with van der Waals surface area (Å²) in [5.74, 6) is 0. The number of hydrogen-bond acceptors (Lipinski definition) is 1. The first-order valence-corrected chi connectivity index (χ1v) is 12.1. The summed E-state index contributed by atoms with van der Waals surface area (Å²) in [4.78, 5) is 0. The fourth-order valence-electron chi connectivity index (χ4n) is 5.43. The third-order valence-electron chi connectivity index (χ3n) is 7.06. The van der Waals surface area contributed by atoms with Crippen LogP contribution >= 0.6 is 0 Å². The average Bonchev–Trinajstić information content (AvgIpc) is 3.33. The number of rotatable bonds is 1. The quantitative estimate of drug-likeness (QED) is 0.247. The average molecular weight is 446 g/mol. The highest BCUT2D eigenvalue weighted by Gasteiger charge is 2.27. The highest BCUT2D eigenvalue weighted by molar-refractivity contribution is 6.15. The molecule has 0 unspecified atom stereocenters. The molecule has 0 aliphatic carbocycles. The van der Waals surface area contributed by atoms with Crippen molar-refractivity contribution < 1.29 is 4.42 Å². The molecule has 0 atom stereocenters. The zero-order valence-corrected chi connectivity index (χ0v) is 20.9. The Morgan fingerprint density at radius 3 is 1.65 bits per heavy atom. The van der Waals surface area contributed by atoms with Gasteiger partial charge in [-0.3, -0.25) is 0 Å². The number of furan rings is 1. The molecule has 170 valence electrons. The molecule has 0 amide bonds. The minimum atomic E-state index is -0.0343. The first kappa shape index (κ1) is 21.0. The molecule has 6 aromatic rings. The third-order valence-corrected chi connectivity index (χ3v) is 7.06. The Morgan fingerprint density at radius 1 is 0.529 bits per heavy atom. The van der Waals surface area contributed by atoms with Crippen LogP contribution in [0.15, 0.2) is 83.3 Å². The molecule has 0 N–H and O–H groups in total. The predicted octanol–water partition coefficient (Wildman–Crippen LogP) is 9.28. The van der Waals surface area contributed by atoms with E-state index in [0.29, 0.717) is 0 Å². The van der Waals surface area contributed by atoms with Gasteiger partial charge in [0, 0.05) is 27.3 Å². The van der Waals surface area contributed by atoms with Crippen molar-refractivity contribution in [2.45, 2.75) is 52.4 Å². The Morgan fingerprint density at radius 2 is 1.06 bits per heavy atom. The van der Waals surface area contributed by atoms with Crippen molar-refractivity contribution in [2.24, 2.45) is 0 Å². The van der Waals surface area contributed by atoms with Gasteiger partial charge in [-0.2, -0.15) is 0 Å². The Bertz CT molecular complexity index is 1660. The van der Waals surface area contributed by atoms with Gasteiger partial charge in [-0.05, 0) is 29.0 Å². The number of para-hydroxylation sites is 3. The SMILES string of the molecule is CC(C)(C)c1cccc2c1oc1c(C(C)(C)C)ccc(-n3c4ccccc4c4ccccc43)c12. The van der Waals surface area contributed by atoms with Crippen molar-refractivity contribution in [3.8, 4) is 5.69 Å². The lowest BCUT2D eigenvalue weighted by molar-refractivity contribution is 0.557. The van der Waals surface area contributed by atoms with E-state index in [1.807, 2.05) is 0 Å². The van der Waals surface area contributed by atoms with Gasteiger partial charge in [0.25, 0.3) is 0 Å². The molecule has 0 saturated carbocycles. The summed E-state index contributed by atoms with van der Waals surface area (Å²) in [6, 6.07) is 28.6. The van der Waals surface area contributed by atoms with Gasteiger partial charge in [-0.25, -0.2) is 0 Å². The van der Waals surface area contributed by atoms with Crippen LogP contribution in [0.1, 0.15) is 52.7 Å². The largest absolute Gasteiger partial charge is 0.455 e. The van der Waals surface area contributed by atoms with Crippen molar-refractivity contribution in [3.63, 3.8) is 0 Å². The fourth-order valence-corrected chi connectivity index (χ4v) is 5.43. The molecule has 2 nitrogen and oxygen atoms in total. The normalized spacial score (nSPS) is 13.0. The molecule has 4 aromatic carbocycles. The summed E-state index contributed by atoms with van der Waals surface area (Å²) in [6.45, 7) is 13.6. The van der Waals surface area contributed by atoms with Gasteiger partial charge in [-0.15, -0.1) is 0 Å². The Balaban J connectivity index is 1.85. The van der Waals surface area contributed by atoms with E-state index in [9.17, 15) is 0 Å². The van der Waals surface area contributed by atoms with Crippen LogP contribution in [0.4, 0.5) is 0 Å². The van der Waals surface area contributed by atoms with Gasteiger partial charge in [0.2, 0.25) is 0 Å². The van der Waals surface area contributed by atoms with Gasteiger partial charge in [-0.1, -0.05) is 102 Å². The van der Waals surface area contributed by atoms with Gasteiger partial charge < -0.3 is 8.98 Å². The van der Waals surface area contributed by atoms with Crippen LogP contribution in [0.2, 0.25) is 0 Å². The molecule has 6 rings (SSSR count). The lowest BCUT2D eigenvalue weighted by Gasteiger charge is -2.20. The van der Waals surface area contributed by atoms with E-state index in [1.54, 1.807) is 0 Å². The van der Waals surface area contributed by atoms with E-state index in [0.717, 1.165) is 11.2 Å². The smallest absolute Gasteiger partial charge is 0.141 e. The van der Waals surface area contributed by atoms with E-state index >= 15 is 0 Å². The van der Waals surface area contributed by atoms with E-state index < -0.39 is 0 Å². The molecule has 34 heavy (non-hydrogen) atoms. The third kappa shape index (κ3) is 2.94. The maximum absolute atomic E-state index is 6.82. The molecule has 0 bridgehead atoms. The Kier molecular flexibility index (Phi) is 4.33. The van der Waals surface area contributed by atoms with E-state index in [2.05, 4.69) is 125 Å². The number of aromatic nitrogens is 1. The van der Waals surface area contributed by atoms with Crippen molar-refractivity contribution in [2.75, 3.05) is 0 Å². The molecule has 2 heterocycles. The van der Waals surface area contributed by atoms with Crippen LogP contribution in [0.25, 0.3) is 49.4 Å². The van der Waals surface area contributed by atoms with Crippen molar-refractivity contribution in [3.05, 3.63) is 90.0 Å². The maximum Gasteiger partial charge on any atom is 0.141 e. The van der Waals surface area contributed by atoms with Crippen LogP contribution in [0.3, 0.4) is 0 Å². The highest BCUT2D eigenvalue weighted by atomic mass is 16.3. The lowest BCUT2D eigenvalue weighted by atomic mass is 9.84. The molecule has 0 radical (unpaired) electrons. The molecule has 2 aromatic heterocycles. The van der Waals surface area contributed by atoms with Gasteiger partial charge >= 0.3 is 0 Å². The topological polar surface area (TPSA) is 18.1 Å². The number of hydrogen-bond donors (Lipinski definition) is 0. The fraction of sp³-hybridized carbons (Fsp3) is 0.250. The Labute approximate surface area is 200 Å². The van der Waals surface area contributed by atoms with Crippen LogP contribution in [0.5, 0.6) is 0 Å². The highest BCUT2D eigenvalue weighted by Crippen LogP contribution is 2.44. The molecule has 0 aliphatic heterocycles. The number of benzene rings is 4. The molecular formula is C32H31NO. The van der Waals surface area contributed by atoms with Crippen LogP contribution in [0, 0.1) is 0 Å². The molecule has 0 spiro atoms. The molecule has 0 fully saturated rings. The summed E-state index contributed by atoms with van der Waals surface area (Å²) in [7, 11) is 0.